The summed E-state index contributed by atoms with van der Waals surface area (Å²) in [6.07, 6.45) is 0. The Labute approximate surface area is 111 Å². The minimum Gasteiger partial charge on any atom is -0.496 e. The number of carbonyl (C=O) groups is 1. The molecule has 0 aliphatic heterocycles. The Bertz CT molecular complexity index is 590. The molecule has 2 aromatic rings. The number of furan rings is 1. The first-order valence-corrected chi connectivity index (χ1v) is 5.88. The van der Waals surface area contributed by atoms with E-state index in [9.17, 15) is 4.79 Å². The first-order chi connectivity index (χ1) is 9.11. The van der Waals surface area contributed by atoms with E-state index in [2.05, 4.69) is 5.32 Å². The molecule has 5 heteroatoms. The number of hydrogen-bond acceptors (Lipinski definition) is 4. The number of ether oxygens (including phenoxy) is 1. The normalized spacial score (nSPS) is 10.2. The average Bonchev–Trinajstić information content (AvgIpc) is 2.81. The number of nitrogens with two attached hydrogens (primary N) is 1. The monoisotopic (exact) mass is 260 g/mol. The van der Waals surface area contributed by atoms with Crippen LogP contribution in [0.15, 0.2) is 34.7 Å². The van der Waals surface area contributed by atoms with E-state index in [1.165, 1.54) is 7.11 Å². The third-order valence-corrected chi connectivity index (χ3v) is 2.72. The lowest BCUT2D eigenvalue weighted by Gasteiger charge is -2.10. The molecule has 0 fully saturated rings. The van der Waals surface area contributed by atoms with Crippen LogP contribution in [0.4, 0.5) is 5.69 Å². The van der Waals surface area contributed by atoms with E-state index < -0.39 is 0 Å². The first kappa shape index (κ1) is 13.0. The number of benzene rings is 1. The number of nitrogen functional groups attached to an aromatic ring is 1. The van der Waals surface area contributed by atoms with Crippen molar-refractivity contribution in [1.82, 2.24) is 5.32 Å². The predicted molar refractivity (Wildman–Crippen MR) is 72.0 cm³/mol. The second kappa shape index (κ2) is 5.48. The van der Waals surface area contributed by atoms with Crippen LogP contribution < -0.4 is 15.8 Å². The summed E-state index contributed by atoms with van der Waals surface area (Å²) in [5.41, 5.74) is 6.53. The quantitative estimate of drug-likeness (QED) is 0.825. The topological polar surface area (TPSA) is 77.5 Å². The number of methoxy groups -OCH3 is 1. The van der Waals surface area contributed by atoms with Crippen molar-refractivity contribution in [2.45, 2.75) is 13.5 Å². The lowest BCUT2D eigenvalue weighted by Crippen LogP contribution is -2.24. The van der Waals surface area contributed by atoms with Gasteiger partial charge in [0.1, 0.15) is 22.8 Å². The number of nitrogens with one attached hydrogen (secondary N) is 1. The number of carbonyl (C=O) groups excluding carboxylic acids is 1. The summed E-state index contributed by atoms with van der Waals surface area (Å²) in [5, 5.41) is 2.75. The molecule has 0 aliphatic rings. The van der Waals surface area contributed by atoms with Gasteiger partial charge in [-0.05, 0) is 31.2 Å². The molecule has 1 aromatic heterocycles. The van der Waals surface area contributed by atoms with Gasteiger partial charge in [0.15, 0.2) is 0 Å². The van der Waals surface area contributed by atoms with Gasteiger partial charge in [-0.15, -0.1) is 0 Å². The number of rotatable bonds is 4. The molecule has 1 aromatic carbocycles. The third-order valence-electron chi connectivity index (χ3n) is 2.72. The fourth-order valence-corrected chi connectivity index (χ4v) is 1.80. The number of hydrogen-bond donors (Lipinski definition) is 2. The fraction of sp³-hybridized carbons (Fsp3) is 0.214. The van der Waals surface area contributed by atoms with Crippen molar-refractivity contribution in [3.63, 3.8) is 0 Å². The van der Waals surface area contributed by atoms with Gasteiger partial charge in [-0.25, -0.2) is 0 Å². The van der Waals surface area contributed by atoms with Gasteiger partial charge >= 0.3 is 0 Å². The molecule has 19 heavy (non-hydrogen) atoms. The Balaban J connectivity index is 2.12. The second-order valence-electron chi connectivity index (χ2n) is 4.12. The van der Waals surface area contributed by atoms with Gasteiger partial charge in [0.2, 0.25) is 0 Å². The van der Waals surface area contributed by atoms with Crippen LogP contribution in [0.2, 0.25) is 0 Å². The van der Waals surface area contributed by atoms with Crippen molar-refractivity contribution in [3.05, 3.63) is 47.4 Å². The summed E-state index contributed by atoms with van der Waals surface area (Å²) in [7, 11) is 1.50. The smallest absolute Gasteiger partial charge is 0.257 e. The summed E-state index contributed by atoms with van der Waals surface area (Å²) in [6.45, 7) is 2.16. The van der Waals surface area contributed by atoms with Gasteiger partial charge in [0, 0.05) is 5.69 Å². The van der Waals surface area contributed by atoms with Crippen LogP contribution in [0.1, 0.15) is 21.9 Å². The number of amides is 1. The zero-order valence-corrected chi connectivity index (χ0v) is 10.9. The van der Waals surface area contributed by atoms with Gasteiger partial charge < -0.3 is 20.2 Å². The molecular weight excluding hydrogens is 244 g/mol. The molecule has 0 aliphatic carbocycles. The van der Waals surface area contributed by atoms with E-state index >= 15 is 0 Å². The summed E-state index contributed by atoms with van der Waals surface area (Å²) in [4.78, 5) is 12.1. The fourth-order valence-electron chi connectivity index (χ4n) is 1.80. The summed E-state index contributed by atoms with van der Waals surface area (Å²) in [6, 6.07) is 8.76. The van der Waals surface area contributed by atoms with Crippen molar-refractivity contribution in [2.24, 2.45) is 0 Å². The maximum atomic E-state index is 12.1. The highest BCUT2D eigenvalue weighted by molar-refractivity contribution is 6.01. The molecule has 0 atom stereocenters. The van der Waals surface area contributed by atoms with Gasteiger partial charge in [-0.3, -0.25) is 4.79 Å². The number of aryl methyl sites for hydroxylation is 1. The molecule has 0 saturated heterocycles. The maximum Gasteiger partial charge on any atom is 0.257 e. The van der Waals surface area contributed by atoms with E-state index in [1.807, 2.05) is 19.1 Å². The molecule has 1 amide bonds. The summed E-state index contributed by atoms with van der Waals surface area (Å²) >= 11 is 0. The van der Waals surface area contributed by atoms with Crippen molar-refractivity contribution >= 4 is 11.6 Å². The predicted octanol–water partition coefficient (Wildman–Crippen LogP) is 2.11. The molecular formula is C14H16N2O3. The standard InChI is InChI=1S/C14H16N2O3/c1-9-6-7-10(19-9)8-16-14(17)13-11(15)4-3-5-12(13)18-2/h3-7H,8,15H2,1-2H3,(H,16,17). The summed E-state index contributed by atoms with van der Waals surface area (Å²) < 4.78 is 10.5. The van der Waals surface area contributed by atoms with E-state index in [0.717, 1.165) is 5.76 Å². The minimum absolute atomic E-state index is 0.288. The van der Waals surface area contributed by atoms with Gasteiger partial charge in [-0.1, -0.05) is 6.07 Å². The largest absolute Gasteiger partial charge is 0.496 e. The Morgan fingerprint density at radius 2 is 2.16 bits per heavy atom. The number of anilines is 1. The highest BCUT2D eigenvalue weighted by atomic mass is 16.5. The molecule has 0 saturated carbocycles. The van der Waals surface area contributed by atoms with Crippen molar-refractivity contribution in [3.8, 4) is 5.75 Å². The van der Waals surface area contributed by atoms with Crippen LogP contribution in [0.3, 0.4) is 0 Å². The van der Waals surface area contributed by atoms with Crippen LogP contribution >= 0.6 is 0 Å². The van der Waals surface area contributed by atoms with Crippen LogP contribution in [0.25, 0.3) is 0 Å². The highest BCUT2D eigenvalue weighted by Crippen LogP contribution is 2.23. The van der Waals surface area contributed by atoms with E-state index in [-0.39, 0.29) is 5.91 Å². The lowest BCUT2D eigenvalue weighted by molar-refractivity contribution is 0.0946. The molecule has 1 heterocycles. The lowest BCUT2D eigenvalue weighted by atomic mass is 10.1. The molecule has 3 N–H and O–H groups in total. The zero-order chi connectivity index (χ0) is 13.8. The van der Waals surface area contributed by atoms with E-state index in [4.69, 9.17) is 14.9 Å². The SMILES string of the molecule is COc1cccc(N)c1C(=O)NCc1ccc(C)o1. The van der Waals surface area contributed by atoms with Crippen LogP contribution in [-0.2, 0) is 6.54 Å². The van der Waals surface area contributed by atoms with Crippen LogP contribution in [0, 0.1) is 6.92 Å². The van der Waals surface area contributed by atoms with E-state index in [0.29, 0.717) is 29.3 Å². The van der Waals surface area contributed by atoms with Crippen molar-refractivity contribution in [1.29, 1.82) is 0 Å². The molecule has 0 spiro atoms. The van der Waals surface area contributed by atoms with Gasteiger partial charge in [0.05, 0.1) is 13.7 Å². The third kappa shape index (κ3) is 2.88. The minimum atomic E-state index is -0.288. The highest BCUT2D eigenvalue weighted by Gasteiger charge is 2.15. The Morgan fingerprint density at radius 1 is 1.37 bits per heavy atom. The Morgan fingerprint density at radius 3 is 2.79 bits per heavy atom. The average molecular weight is 260 g/mol. The second-order valence-corrected chi connectivity index (χ2v) is 4.12. The van der Waals surface area contributed by atoms with Crippen LogP contribution in [-0.4, -0.2) is 13.0 Å². The zero-order valence-electron chi connectivity index (χ0n) is 10.9. The van der Waals surface area contributed by atoms with Gasteiger partial charge in [0.25, 0.3) is 5.91 Å². The molecule has 0 bridgehead atoms. The molecule has 5 nitrogen and oxygen atoms in total. The molecule has 2 rings (SSSR count). The molecule has 100 valence electrons. The van der Waals surface area contributed by atoms with Gasteiger partial charge in [-0.2, -0.15) is 0 Å². The van der Waals surface area contributed by atoms with E-state index in [1.54, 1.807) is 18.2 Å². The summed E-state index contributed by atoms with van der Waals surface area (Å²) in [5.74, 6) is 1.66. The Kier molecular flexibility index (Phi) is 3.75. The first-order valence-electron chi connectivity index (χ1n) is 5.88. The Hall–Kier alpha value is -2.43. The van der Waals surface area contributed by atoms with Crippen molar-refractivity contribution < 1.29 is 13.9 Å². The molecule has 0 radical (unpaired) electrons. The van der Waals surface area contributed by atoms with Crippen LogP contribution in [0.5, 0.6) is 5.75 Å². The molecule has 0 unspecified atom stereocenters. The maximum absolute atomic E-state index is 12.1. The van der Waals surface area contributed by atoms with Crippen molar-refractivity contribution in [2.75, 3.05) is 12.8 Å².